The first kappa shape index (κ1) is 16.6. The highest BCUT2D eigenvalue weighted by molar-refractivity contribution is 5.03. The van der Waals surface area contributed by atoms with Crippen LogP contribution < -0.4 is 11.1 Å². The smallest absolute Gasteiger partial charge is 0.145 e. The van der Waals surface area contributed by atoms with Gasteiger partial charge in [0.25, 0.3) is 0 Å². The highest BCUT2D eigenvalue weighted by atomic mass is 19.1. The van der Waals surface area contributed by atoms with E-state index in [0.717, 1.165) is 45.6 Å². The number of alkyl halides is 1. The Morgan fingerprint density at radius 3 is 2.59 bits per heavy atom. The van der Waals surface area contributed by atoms with Crippen LogP contribution in [0.3, 0.4) is 0 Å². The highest BCUT2D eigenvalue weighted by Gasteiger charge is 2.46. The number of nitrogens with two attached hydrogens (primary N) is 1. The zero-order chi connectivity index (χ0) is 15.7. The van der Waals surface area contributed by atoms with Gasteiger partial charge in [0.15, 0.2) is 0 Å². The molecule has 3 N–H and O–H groups in total. The molecule has 0 amide bonds. The van der Waals surface area contributed by atoms with E-state index < -0.39 is 17.8 Å². The van der Waals surface area contributed by atoms with Gasteiger partial charge >= 0.3 is 0 Å². The van der Waals surface area contributed by atoms with Gasteiger partial charge in [-0.3, -0.25) is 4.90 Å². The monoisotopic (exact) mass is 315 g/mol. The summed E-state index contributed by atoms with van der Waals surface area (Å²) in [5, 5.41) is 3.25. The Kier molecular flexibility index (Phi) is 5.04. The molecule has 6 heteroatoms. The maximum atomic E-state index is 14.9. The van der Waals surface area contributed by atoms with Gasteiger partial charge < -0.3 is 20.5 Å². The van der Waals surface area contributed by atoms with Crippen molar-refractivity contribution in [2.24, 2.45) is 5.73 Å². The van der Waals surface area contributed by atoms with E-state index in [1.54, 1.807) is 0 Å². The second kappa shape index (κ2) is 6.69. The maximum absolute atomic E-state index is 14.9. The summed E-state index contributed by atoms with van der Waals surface area (Å²) >= 11 is 0. The van der Waals surface area contributed by atoms with E-state index in [1.165, 1.54) is 0 Å². The van der Waals surface area contributed by atoms with Gasteiger partial charge in [-0.15, -0.1) is 0 Å². The molecule has 3 heterocycles. The van der Waals surface area contributed by atoms with Crippen LogP contribution in [0.5, 0.6) is 0 Å². The summed E-state index contributed by atoms with van der Waals surface area (Å²) in [7, 11) is 0. The summed E-state index contributed by atoms with van der Waals surface area (Å²) in [6.45, 7) is 8.29. The number of nitrogens with zero attached hydrogens (tertiary/aromatic N) is 1. The van der Waals surface area contributed by atoms with Crippen LogP contribution in [0.4, 0.5) is 4.39 Å². The fourth-order valence-electron chi connectivity index (χ4n) is 3.67. The normalized spacial score (nSPS) is 42.3. The molecule has 0 spiro atoms. The fraction of sp³-hybridized carbons (Fsp3) is 1.00. The Hall–Kier alpha value is -0.270. The van der Waals surface area contributed by atoms with Gasteiger partial charge in [0, 0.05) is 31.2 Å². The van der Waals surface area contributed by atoms with Crippen molar-refractivity contribution < 1.29 is 13.9 Å². The predicted molar refractivity (Wildman–Crippen MR) is 83.6 cm³/mol. The molecule has 0 aromatic heterocycles. The number of hydrogen-bond donors (Lipinski definition) is 2. The minimum Gasteiger partial charge on any atom is -0.378 e. The molecule has 4 unspecified atom stereocenters. The van der Waals surface area contributed by atoms with Gasteiger partial charge in [0.1, 0.15) is 12.3 Å². The molecule has 0 bridgehead atoms. The molecule has 22 heavy (non-hydrogen) atoms. The van der Waals surface area contributed by atoms with E-state index in [0.29, 0.717) is 12.6 Å². The molecule has 4 atom stereocenters. The zero-order valence-electron chi connectivity index (χ0n) is 13.8. The summed E-state index contributed by atoms with van der Waals surface area (Å²) < 4.78 is 26.3. The molecule has 0 radical (unpaired) electrons. The van der Waals surface area contributed by atoms with E-state index in [4.69, 9.17) is 15.2 Å². The Labute approximate surface area is 132 Å². The topological polar surface area (TPSA) is 59.8 Å². The lowest BCUT2D eigenvalue weighted by Crippen LogP contribution is -2.68. The first-order valence-corrected chi connectivity index (χ1v) is 8.65. The summed E-state index contributed by atoms with van der Waals surface area (Å²) in [4.78, 5) is 2.47. The van der Waals surface area contributed by atoms with E-state index in [2.05, 4.69) is 10.2 Å². The molecule has 0 saturated carbocycles. The molecule has 3 rings (SSSR count). The molecule has 3 aliphatic rings. The lowest BCUT2D eigenvalue weighted by molar-refractivity contribution is -0.129. The van der Waals surface area contributed by atoms with Gasteiger partial charge in [0.2, 0.25) is 0 Å². The lowest BCUT2D eigenvalue weighted by atomic mass is 9.82. The van der Waals surface area contributed by atoms with Crippen LogP contribution in [0.1, 0.15) is 33.1 Å². The number of hydrogen-bond acceptors (Lipinski definition) is 5. The Bertz CT molecular complexity index is 374. The average molecular weight is 315 g/mol. The largest absolute Gasteiger partial charge is 0.378 e. The number of halogens is 1. The number of rotatable bonds is 4. The molecule has 3 aliphatic heterocycles. The van der Waals surface area contributed by atoms with Gasteiger partial charge in [-0.05, 0) is 26.2 Å². The number of piperidine rings is 2. The summed E-state index contributed by atoms with van der Waals surface area (Å²) in [6.07, 6.45) is 1.24. The third-order valence-electron chi connectivity index (χ3n) is 5.76. The van der Waals surface area contributed by atoms with Crippen molar-refractivity contribution in [3.05, 3.63) is 0 Å². The van der Waals surface area contributed by atoms with Crippen molar-refractivity contribution in [2.45, 2.75) is 69.1 Å². The Morgan fingerprint density at radius 1 is 1.36 bits per heavy atom. The summed E-state index contributed by atoms with van der Waals surface area (Å²) in [5.74, 6) is 0. The van der Waals surface area contributed by atoms with Crippen molar-refractivity contribution in [1.29, 1.82) is 0 Å². The SMILES string of the molecule is CCC1(C)NCC(N)C(OC2CCN(C3COC3)CC2)C1F. The first-order chi connectivity index (χ1) is 10.5. The van der Waals surface area contributed by atoms with E-state index in [9.17, 15) is 4.39 Å². The highest BCUT2D eigenvalue weighted by Crippen LogP contribution is 2.30. The van der Waals surface area contributed by atoms with E-state index >= 15 is 0 Å². The minimum absolute atomic E-state index is 0.130. The molecule has 3 fully saturated rings. The summed E-state index contributed by atoms with van der Waals surface area (Å²) in [5.41, 5.74) is 5.59. The first-order valence-electron chi connectivity index (χ1n) is 8.65. The van der Waals surface area contributed by atoms with Crippen LogP contribution >= 0.6 is 0 Å². The number of ether oxygens (including phenoxy) is 2. The molecular weight excluding hydrogens is 285 g/mol. The summed E-state index contributed by atoms with van der Waals surface area (Å²) in [6, 6.07) is 0.312. The number of likely N-dealkylation sites (tertiary alicyclic amines) is 1. The molecule has 0 aromatic carbocycles. The van der Waals surface area contributed by atoms with E-state index in [1.807, 2.05) is 13.8 Å². The molecule has 3 saturated heterocycles. The van der Waals surface area contributed by atoms with Crippen molar-refractivity contribution in [3.63, 3.8) is 0 Å². The van der Waals surface area contributed by atoms with Crippen LogP contribution in [-0.4, -0.2) is 73.8 Å². The van der Waals surface area contributed by atoms with Crippen LogP contribution in [-0.2, 0) is 9.47 Å². The minimum atomic E-state index is -1.06. The Balaban J connectivity index is 1.53. The zero-order valence-corrected chi connectivity index (χ0v) is 13.8. The van der Waals surface area contributed by atoms with Crippen molar-refractivity contribution in [1.82, 2.24) is 10.2 Å². The second-order valence-electron chi connectivity index (χ2n) is 7.24. The second-order valence-corrected chi connectivity index (χ2v) is 7.24. The maximum Gasteiger partial charge on any atom is 0.145 e. The van der Waals surface area contributed by atoms with E-state index in [-0.39, 0.29) is 12.1 Å². The van der Waals surface area contributed by atoms with Crippen molar-refractivity contribution >= 4 is 0 Å². The quantitative estimate of drug-likeness (QED) is 0.799. The molecule has 0 aromatic rings. The average Bonchev–Trinajstić information content (AvgIpc) is 2.48. The van der Waals surface area contributed by atoms with Crippen LogP contribution in [0, 0.1) is 0 Å². The van der Waals surface area contributed by atoms with Gasteiger partial charge in [-0.25, -0.2) is 4.39 Å². The number of nitrogens with one attached hydrogen (secondary N) is 1. The third-order valence-corrected chi connectivity index (χ3v) is 5.76. The molecule has 128 valence electrons. The Morgan fingerprint density at radius 2 is 2.05 bits per heavy atom. The lowest BCUT2D eigenvalue weighted by Gasteiger charge is -2.47. The standard InChI is InChI=1S/C16H30FN3O2/c1-3-16(2)15(17)14(13(18)8-19-16)22-12-4-6-20(7-5-12)11-9-21-10-11/h11-15,19H,3-10,18H2,1-2H3. The van der Waals surface area contributed by atoms with Crippen LogP contribution in [0.25, 0.3) is 0 Å². The third kappa shape index (κ3) is 3.17. The van der Waals surface area contributed by atoms with Crippen molar-refractivity contribution in [3.8, 4) is 0 Å². The van der Waals surface area contributed by atoms with Crippen LogP contribution in [0.15, 0.2) is 0 Å². The molecular formula is C16H30FN3O2. The van der Waals surface area contributed by atoms with Gasteiger partial charge in [-0.2, -0.15) is 0 Å². The van der Waals surface area contributed by atoms with Crippen molar-refractivity contribution in [2.75, 3.05) is 32.8 Å². The predicted octanol–water partition coefficient (Wildman–Crippen LogP) is 0.672. The van der Waals surface area contributed by atoms with Gasteiger partial charge in [0.05, 0.1) is 25.4 Å². The molecule has 5 nitrogen and oxygen atoms in total. The fourth-order valence-corrected chi connectivity index (χ4v) is 3.67. The van der Waals surface area contributed by atoms with Crippen LogP contribution in [0.2, 0.25) is 0 Å². The molecule has 0 aliphatic carbocycles. The van der Waals surface area contributed by atoms with Gasteiger partial charge in [-0.1, -0.05) is 6.92 Å².